The number of phenolic OH excluding ortho intramolecular Hbond substituents is 1. The highest BCUT2D eigenvalue weighted by molar-refractivity contribution is 5.61. The molecule has 3 fully saturated rings. The van der Waals surface area contributed by atoms with Crippen molar-refractivity contribution in [3.05, 3.63) is 28.5 Å². The Bertz CT molecular complexity index is 777. The number of ether oxygens (including phenoxy) is 1. The number of rotatable bonds is 2. The van der Waals surface area contributed by atoms with Crippen LogP contribution in [0.5, 0.6) is 11.5 Å². The summed E-state index contributed by atoms with van der Waals surface area (Å²) in [5.74, 6) is 1.30. The largest absolute Gasteiger partial charge is 0.632 e. The van der Waals surface area contributed by atoms with Crippen LogP contribution in [-0.2, 0) is 11.8 Å². The first-order valence-electron chi connectivity index (χ1n) is 9.80. The molecule has 1 aromatic rings. The monoisotopic (exact) mass is 343 g/mol. The molecule has 1 spiro atoms. The van der Waals surface area contributed by atoms with Gasteiger partial charge in [-0.25, -0.2) is 0 Å². The first kappa shape index (κ1) is 14.8. The average molecular weight is 343 g/mol. The zero-order valence-corrected chi connectivity index (χ0v) is 14.4. The van der Waals surface area contributed by atoms with Crippen LogP contribution in [0.25, 0.3) is 0 Å². The number of hydroxylamine groups is 3. The van der Waals surface area contributed by atoms with E-state index in [-0.39, 0.29) is 22.5 Å². The lowest BCUT2D eigenvalue weighted by molar-refractivity contribution is -0.924. The van der Waals surface area contributed by atoms with Gasteiger partial charge in [0.15, 0.2) is 11.5 Å². The highest BCUT2D eigenvalue weighted by atomic mass is 16.6. The number of hydrogen-bond donors (Lipinski definition) is 2. The van der Waals surface area contributed by atoms with E-state index >= 15 is 0 Å². The SMILES string of the molecule is [O-][N+]1(CC2CC2)CC[C@]23c4c5ccc(O)c4OC2CCC[C@@]3(O)[C@H]1C5. The van der Waals surface area contributed by atoms with Gasteiger partial charge in [-0.1, -0.05) is 6.07 Å². The van der Waals surface area contributed by atoms with Crippen molar-refractivity contribution in [2.45, 2.75) is 68.1 Å². The third-order valence-corrected chi connectivity index (χ3v) is 7.96. The van der Waals surface area contributed by atoms with Gasteiger partial charge in [0, 0.05) is 24.3 Å². The summed E-state index contributed by atoms with van der Waals surface area (Å²) in [5.41, 5.74) is 0.638. The third kappa shape index (κ3) is 1.57. The van der Waals surface area contributed by atoms with Crippen LogP contribution in [0.15, 0.2) is 12.1 Å². The van der Waals surface area contributed by atoms with Crippen molar-refractivity contribution in [2.24, 2.45) is 5.92 Å². The summed E-state index contributed by atoms with van der Waals surface area (Å²) in [5, 5.41) is 36.2. The zero-order chi connectivity index (χ0) is 17.0. The second kappa shape index (κ2) is 4.33. The van der Waals surface area contributed by atoms with Gasteiger partial charge in [-0.3, -0.25) is 0 Å². The van der Waals surface area contributed by atoms with E-state index in [2.05, 4.69) is 0 Å². The van der Waals surface area contributed by atoms with Gasteiger partial charge in [0.1, 0.15) is 17.7 Å². The molecule has 2 unspecified atom stereocenters. The second-order valence-corrected chi connectivity index (χ2v) is 9.11. The summed E-state index contributed by atoms with van der Waals surface area (Å²) in [6, 6.07) is 3.36. The Kier molecular flexibility index (Phi) is 2.57. The molecule has 2 bridgehead atoms. The molecule has 25 heavy (non-hydrogen) atoms. The lowest BCUT2D eigenvalue weighted by atomic mass is 9.49. The molecule has 3 aliphatic carbocycles. The summed E-state index contributed by atoms with van der Waals surface area (Å²) in [4.78, 5) is 0. The maximum absolute atomic E-state index is 13.9. The van der Waals surface area contributed by atoms with Gasteiger partial charge in [0.25, 0.3) is 0 Å². The molecule has 2 N–H and O–H groups in total. The Balaban J connectivity index is 1.58. The van der Waals surface area contributed by atoms with E-state index in [1.807, 2.05) is 6.07 Å². The number of nitrogens with zero attached hydrogens (tertiary/aromatic N) is 1. The maximum Gasteiger partial charge on any atom is 0.165 e. The molecular weight excluding hydrogens is 318 g/mol. The van der Waals surface area contributed by atoms with E-state index in [1.165, 1.54) is 12.8 Å². The number of aromatic hydroxyl groups is 1. The van der Waals surface area contributed by atoms with Crippen LogP contribution >= 0.6 is 0 Å². The highest BCUT2D eigenvalue weighted by Crippen LogP contribution is 2.66. The molecule has 5 aliphatic rings. The first-order chi connectivity index (χ1) is 12.0. The fourth-order valence-electron chi connectivity index (χ4n) is 6.75. The van der Waals surface area contributed by atoms with Crippen molar-refractivity contribution < 1.29 is 19.6 Å². The van der Waals surface area contributed by atoms with Gasteiger partial charge in [0.05, 0.1) is 18.5 Å². The maximum atomic E-state index is 13.9. The van der Waals surface area contributed by atoms with Crippen LogP contribution in [0.4, 0.5) is 0 Å². The fraction of sp³-hybridized carbons (Fsp3) is 0.700. The number of likely N-dealkylation sites (tertiary alicyclic amines) is 1. The van der Waals surface area contributed by atoms with E-state index in [0.717, 1.165) is 24.0 Å². The average Bonchev–Trinajstić information content (AvgIpc) is 3.30. The minimum Gasteiger partial charge on any atom is -0.632 e. The van der Waals surface area contributed by atoms with Crippen LogP contribution < -0.4 is 4.74 Å². The van der Waals surface area contributed by atoms with Gasteiger partial charge in [0.2, 0.25) is 0 Å². The van der Waals surface area contributed by atoms with E-state index < -0.39 is 11.0 Å². The number of piperidine rings is 1. The number of benzene rings is 1. The fourth-order valence-corrected chi connectivity index (χ4v) is 6.75. The Morgan fingerprint density at radius 3 is 2.88 bits per heavy atom. The minimum absolute atomic E-state index is 0.106. The normalized spacial score (nSPS) is 46.5. The molecule has 0 radical (unpaired) electrons. The predicted molar refractivity (Wildman–Crippen MR) is 91.2 cm³/mol. The number of quaternary nitrogens is 1. The predicted octanol–water partition coefficient (Wildman–Crippen LogP) is 2.36. The van der Waals surface area contributed by atoms with Crippen LogP contribution in [-0.4, -0.2) is 45.7 Å². The summed E-state index contributed by atoms with van der Waals surface area (Å²) in [7, 11) is 0. The van der Waals surface area contributed by atoms with E-state index in [1.54, 1.807) is 6.07 Å². The number of aliphatic hydroxyl groups is 1. The quantitative estimate of drug-likeness (QED) is 0.639. The van der Waals surface area contributed by atoms with Gasteiger partial charge < -0.3 is 24.8 Å². The molecule has 0 aromatic heterocycles. The lowest BCUT2D eigenvalue weighted by Gasteiger charge is -2.67. The van der Waals surface area contributed by atoms with Crippen molar-refractivity contribution in [3.8, 4) is 11.5 Å². The van der Waals surface area contributed by atoms with Crippen molar-refractivity contribution in [1.82, 2.24) is 0 Å². The Morgan fingerprint density at radius 1 is 1.24 bits per heavy atom. The molecule has 1 aromatic carbocycles. The first-order valence-corrected chi connectivity index (χ1v) is 9.80. The molecule has 6 rings (SSSR count). The van der Waals surface area contributed by atoms with Crippen molar-refractivity contribution in [1.29, 1.82) is 0 Å². The molecule has 5 nitrogen and oxygen atoms in total. The van der Waals surface area contributed by atoms with Crippen LogP contribution in [0.3, 0.4) is 0 Å². The van der Waals surface area contributed by atoms with Crippen molar-refractivity contribution >= 4 is 0 Å². The molecule has 2 heterocycles. The molecule has 0 amide bonds. The van der Waals surface area contributed by atoms with E-state index in [4.69, 9.17) is 4.74 Å². The number of hydrogen-bond acceptors (Lipinski definition) is 4. The Labute approximate surface area is 147 Å². The van der Waals surface area contributed by atoms with Crippen molar-refractivity contribution in [2.75, 3.05) is 13.1 Å². The summed E-state index contributed by atoms with van der Waals surface area (Å²) in [6.45, 7) is 1.23. The van der Waals surface area contributed by atoms with Crippen LogP contribution in [0.2, 0.25) is 0 Å². The molecule has 5 atom stereocenters. The van der Waals surface area contributed by atoms with Crippen molar-refractivity contribution in [3.63, 3.8) is 0 Å². The summed E-state index contributed by atoms with van der Waals surface area (Å²) < 4.78 is 5.99. The topological polar surface area (TPSA) is 72.8 Å². The zero-order valence-electron chi connectivity index (χ0n) is 14.4. The molecule has 2 aliphatic heterocycles. The smallest absolute Gasteiger partial charge is 0.165 e. The summed E-state index contributed by atoms with van der Waals surface area (Å²) >= 11 is 0. The lowest BCUT2D eigenvalue weighted by Crippen LogP contribution is -2.79. The Morgan fingerprint density at radius 2 is 2.08 bits per heavy atom. The molecular formula is C20H25NO4. The minimum atomic E-state index is -1.00. The number of phenols is 1. The molecule has 134 valence electrons. The molecule has 5 heteroatoms. The van der Waals surface area contributed by atoms with E-state index in [9.17, 15) is 15.4 Å². The summed E-state index contributed by atoms with van der Waals surface area (Å²) in [6.07, 6.45) is 5.95. The van der Waals surface area contributed by atoms with Crippen LogP contribution in [0.1, 0.15) is 49.7 Å². The van der Waals surface area contributed by atoms with Gasteiger partial charge in [-0.2, -0.15) is 0 Å². The van der Waals surface area contributed by atoms with E-state index in [0.29, 0.717) is 44.0 Å². The van der Waals surface area contributed by atoms with Crippen LogP contribution in [0, 0.1) is 11.1 Å². The standard InChI is InChI=1S/C20H25NO4/c22-14-6-5-13-10-15-20(23)7-1-2-16-19(20,17(13)18(14)25-16)8-9-21(15,24)11-12-3-4-12/h5-6,12,15-16,22-23H,1-4,7-11H2/t15-,16?,19-,20-,21?/m1/s1. The van der Waals surface area contributed by atoms with Gasteiger partial charge in [-0.15, -0.1) is 0 Å². The highest BCUT2D eigenvalue weighted by Gasteiger charge is 2.74. The molecule has 1 saturated heterocycles. The van der Waals surface area contributed by atoms with Gasteiger partial charge >= 0.3 is 0 Å². The third-order valence-electron chi connectivity index (χ3n) is 7.96. The van der Waals surface area contributed by atoms with Gasteiger partial charge in [-0.05, 0) is 43.7 Å². The molecule has 2 saturated carbocycles. The second-order valence-electron chi connectivity index (χ2n) is 9.11. The Hall–Kier alpha value is -1.30.